The molecule has 1 aliphatic heterocycles. The molecule has 4 nitrogen and oxygen atoms in total. The minimum Gasteiger partial charge on any atom is -0.493 e. The normalized spacial score (nSPS) is 17.2. The van der Waals surface area contributed by atoms with Crippen LogP contribution in [0.15, 0.2) is 65.7 Å². The van der Waals surface area contributed by atoms with Gasteiger partial charge in [-0.25, -0.2) is 0 Å². The van der Waals surface area contributed by atoms with Crippen molar-refractivity contribution in [3.63, 3.8) is 0 Å². The Morgan fingerprint density at radius 3 is 2.45 bits per heavy atom. The molecule has 5 heteroatoms. The Balaban J connectivity index is 1.54. The van der Waals surface area contributed by atoms with Gasteiger partial charge in [-0.3, -0.25) is 4.99 Å². The Hall–Kier alpha value is -2.98. The van der Waals surface area contributed by atoms with Crippen molar-refractivity contribution in [3.05, 3.63) is 76.8 Å². The summed E-state index contributed by atoms with van der Waals surface area (Å²) >= 11 is 6.68. The SMILES string of the molecule is CCN1c2cc(Cl)c(C=Nc3ccc(Oc4ccccc4OC)cc3)cc2C(C)CC1(C)C. The molecule has 0 aromatic heterocycles. The molecule has 0 aliphatic carbocycles. The van der Waals surface area contributed by atoms with Gasteiger partial charge in [0.2, 0.25) is 0 Å². The van der Waals surface area contributed by atoms with E-state index in [1.54, 1.807) is 7.11 Å². The van der Waals surface area contributed by atoms with E-state index < -0.39 is 0 Å². The van der Waals surface area contributed by atoms with Crippen molar-refractivity contribution in [3.8, 4) is 17.2 Å². The molecule has 0 amide bonds. The van der Waals surface area contributed by atoms with Crippen LogP contribution in [0, 0.1) is 0 Å². The molecule has 172 valence electrons. The van der Waals surface area contributed by atoms with Crippen LogP contribution in [-0.2, 0) is 0 Å². The Bertz CT molecular complexity index is 1160. The van der Waals surface area contributed by atoms with Gasteiger partial charge in [0, 0.05) is 29.5 Å². The Morgan fingerprint density at radius 1 is 1.09 bits per heavy atom. The molecule has 4 rings (SSSR count). The average Bonchev–Trinajstić information content (AvgIpc) is 2.79. The van der Waals surface area contributed by atoms with Gasteiger partial charge in [-0.05, 0) is 87.2 Å². The highest BCUT2D eigenvalue weighted by Gasteiger charge is 2.35. The number of ether oxygens (including phenoxy) is 2. The zero-order valence-corrected chi connectivity index (χ0v) is 20.7. The highest BCUT2D eigenvalue weighted by Crippen LogP contribution is 2.44. The number of nitrogens with zero attached hydrogens (tertiary/aromatic N) is 2. The van der Waals surface area contributed by atoms with Crippen molar-refractivity contribution in [2.45, 2.75) is 45.6 Å². The number of hydrogen-bond acceptors (Lipinski definition) is 4. The number of methoxy groups -OCH3 is 1. The third-order valence-corrected chi connectivity index (χ3v) is 6.63. The van der Waals surface area contributed by atoms with Crippen molar-refractivity contribution >= 4 is 29.2 Å². The number of benzene rings is 3. The Kier molecular flexibility index (Phi) is 6.66. The molecule has 0 bridgehead atoms. The summed E-state index contributed by atoms with van der Waals surface area (Å²) in [6.07, 6.45) is 2.96. The zero-order chi connectivity index (χ0) is 23.6. The average molecular weight is 463 g/mol. The molecule has 0 saturated carbocycles. The van der Waals surface area contributed by atoms with Crippen molar-refractivity contribution in [2.75, 3.05) is 18.6 Å². The molecule has 1 atom stereocenters. The Morgan fingerprint density at radius 2 is 1.79 bits per heavy atom. The molecule has 0 fully saturated rings. The fourth-order valence-electron chi connectivity index (χ4n) is 4.79. The maximum Gasteiger partial charge on any atom is 0.169 e. The molecule has 0 radical (unpaired) electrons. The summed E-state index contributed by atoms with van der Waals surface area (Å²) in [5.41, 5.74) is 4.46. The number of hydrogen-bond donors (Lipinski definition) is 0. The second-order valence-electron chi connectivity index (χ2n) is 9.10. The minimum absolute atomic E-state index is 0.119. The smallest absolute Gasteiger partial charge is 0.169 e. The first-order valence-corrected chi connectivity index (χ1v) is 11.8. The summed E-state index contributed by atoms with van der Waals surface area (Å²) in [6, 6.07) is 19.5. The second kappa shape index (κ2) is 9.48. The fraction of sp³-hybridized carbons (Fsp3) is 0.321. The highest BCUT2D eigenvalue weighted by atomic mass is 35.5. The lowest BCUT2D eigenvalue weighted by Gasteiger charge is -2.47. The van der Waals surface area contributed by atoms with Crippen LogP contribution >= 0.6 is 11.6 Å². The minimum atomic E-state index is 0.119. The molecule has 1 aliphatic rings. The summed E-state index contributed by atoms with van der Waals surface area (Å²) in [6.45, 7) is 10.1. The van der Waals surface area contributed by atoms with E-state index in [-0.39, 0.29) is 5.54 Å². The molecule has 0 saturated heterocycles. The molecule has 0 N–H and O–H groups in total. The molecule has 33 heavy (non-hydrogen) atoms. The summed E-state index contributed by atoms with van der Waals surface area (Å²) in [5, 5.41) is 0.719. The third kappa shape index (κ3) is 4.86. The van der Waals surface area contributed by atoms with Crippen molar-refractivity contribution in [1.82, 2.24) is 0 Å². The van der Waals surface area contributed by atoms with E-state index in [0.717, 1.165) is 35.0 Å². The number of fused-ring (bicyclic) bond motifs is 1. The number of halogens is 1. The molecular formula is C28H31ClN2O2. The van der Waals surface area contributed by atoms with Crippen LogP contribution in [0.25, 0.3) is 0 Å². The molecule has 3 aromatic rings. The molecular weight excluding hydrogens is 432 g/mol. The molecule has 3 aromatic carbocycles. The highest BCUT2D eigenvalue weighted by molar-refractivity contribution is 6.33. The first kappa shape index (κ1) is 23.2. The van der Waals surface area contributed by atoms with Crippen molar-refractivity contribution in [1.29, 1.82) is 0 Å². The summed E-state index contributed by atoms with van der Waals surface area (Å²) < 4.78 is 11.3. The summed E-state index contributed by atoms with van der Waals surface area (Å²) in [7, 11) is 1.63. The van der Waals surface area contributed by atoms with Gasteiger partial charge in [-0.15, -0.1) is 0 Å². The lowest BCUT2D eigenvalue weighted by Crippen LogP contribution is -2.48. The molecule has 0 spiro atoms. The van der Waals surface area contributed by atoms with Gasteiger partial charge in [-0.1, -0.05) is 30.7 Å². The van der Waals surface area contributed by atoms with E-state index in [0.29, 0.717) is 17.4 Å². The topological polar surface area (TPSA) is 34.1 Å². The van der Waals surface area contributed by atoms with Gasteiger partial charge < -0.3 is 14.4 Å². The van der Waals surface area contributed by atoms with E-state index in [4.69, 9.17) is 21.1 Å². The maximum atomic E-state index is 6.68. The van der Waals surface area contributed by atoms with E-state index >= 15 is 0 Å². The van der Waals surface area contributed by atoms with Crippen LogP contribution in [0.4, 0.5) is 11.4 Å². The Labute approximate surface area is 201 Å². The molecule has 1 heterocycles. The van der Waals surface area contributed by atoms with Gasteiger partial charge in [0.15, 0.2) is 11.5 Å². The van der Waals surface area contributed by atoms with Crippen LogP contribution < -0.4 is 14.4 Å². The summed E-state index contributed by atoms with van der Waals surface area (Å²) in [4.78, 5) is 7.11. The quantitative estimate of drug-likeness (QED) is 0.348. The van der Waals surface area contributed by atoms with Crippen LogP contribution in [0.2, 0.25) is 5.02 Å². The number of para-hydroxylation sites is 2. The largest absolute Gasteiger partial charge is 0.493 e. The summed E-state index contributed by atoms with van der Waals surface area (Å²) in [5.74, 6) is 2.56. The van der Waals surface area contributed by atoms with Gasteiger partial charge in [-0.2, -0.15) is 0 Å². The number of rotatable bonds is 6. The van der Waals surface area contributed by atoms with E-state index in [1.165, 1.54) is 11.3 Å². The van der Waals surface area contributed by atoms with E-state index in [9.17, 15) is 0 Å². The zero-order valence-electron chi connectivity index (χ0n) is 19.9. The van der Waals surface area contributed by atoms with Gasteiger partial charge in [0.25, 0.3) is 0 Å². The van der Waals surface area contributed by atoms with E-state index in [1.807, 2.05) is 54.7 Å². The monoisotopic (exact) mass is 462 g/mol. The van der Waals surface area contributed by atoms with Gasteiger partial charge in [0.05, 0.1) is 17.8 Å². The number of anilines is 1. The van der Waals surface area contributed by atoms with Crippen LogP contribution in [-0.4, -0.2) is 25.4 Å². The first-order chi connectivity index (χ1) is 15.8. The van der Waals surface area contributed by atoms with Crippen LogP contribution in [0.5, 0.6) is 17.2 Å². The van der Waals surface area contributed by atoms with Crippen molar-refractivity contribution < 1.29 is 9.47 Å². The van der Waals surface area contributed by atoms with Gasteiger partial charge in [0.1, 0.15) is 5.75 Å². The lowest BCUT2D eigenvalue weighted by atomic mass is 9.79. The van der Waals surface area contributed by atoms with Crippen LogP contribution in [0.3, 0.4) is 0 Å². The van der Waals surface area contributed by atoms with E-state index in [2.05, 4.69) is 49.7 Å². The molecule has 1 unspecified atom stereocenters. The predicted molar refractivity (Wildman–Crippen MR) is 138 cm³/mol. The number of aliphatic imine (C=N–C) groups is 1. The maximum absolute atomic E-state index is 6.68. The lowest BCUT2D eigenvalue weighted by molar-refractivity contribution is 0.379. The third-order valence-electron chi connectivity index (χ3n) is 6.31. The fourth-order valence-corrected chi connectivity index (χ4v) is 5.00. The van der Waals surface area contributed by atoms with Crippen molar-refractivity contribution in [2.24, 2.45) is 4.99 Å². The van der Waals surface area contributed by atoms with Gasteiger partial charge >= 0.3 is 0 Å². The predicted octanol–water partition coefficient (Wildman–Crippen LogP) is 8.00. The standard InChI is InChI=1S/C28H31ClN2O2/c1-6-31-25-16-24(29)20(15-23(25)19(2)17-28(31,3)4)18-30-21-11-13-22(14-12-21)33-27-10-8-7-9-26(27)32-5/h7-16,18-19H,6,17H2,1-5H3. The second-order valence-corrected chi connectivity index (χ2v) is 9.51. The van der Waals surface area contributed by atoms with Crippen LogP contribution in [0.1, 0.15) is 51.2 Å². The first-order valence-electron chi connectivity index (χ1n) is 11.4.